The molecule has 1 aliphatic heterocycles. The van der Waals surface area contributed by atoms with Crippen LogP contribution in [0.5, 0.6) is 0 Å². The van der Waals surface area contributed by atoms with E-state index in [1.165, 1.54) is 19.2 Å². The average Bonchev–Trinajstić information content (AvgIpc) is 3.35. The van der Waals surface area contributed by atoms with Crippen LogP contribution < -0.4 is 5.32 Å². The van der Waals surface area contributed by atoms with Crippen molar-refractivity contribution in [2.45, 2.75) is 31.2 Å². The van der Waals surface area contributed by atoms with Crippen LogP contribution in [0.15, 0.2) is 24.3 Å². The quantitative estimate of drug-likeness (QED) is 0.929. The van der Waals surface area contributed by atoms with Crippen molar-refractivity contribution >= 4 is 12.0 Å². The third-order valence-electron chi connectivity index (χ3n) is 4.68. The van der Waals surface area contributed by atoms with Crippen molar-refractivity contribution in [3.63, 3.8) is 0 Å². The summed E-state index contributed by atoms with van der Waals surface area (Å²) in [4.78, 5) is 25.4. The van der Waals surface area contributed by atoms with E-state index in [4.69, 9.17) is 4.74 Å². The highest BCUT2D eigenvalue weighted by molar-refractivity contribution is 5.83. The van der Waals surface area contributed by atoms with Gasteiger partial charge in [-0.3, -0.25) is 4.79 Å². The minimum atomic E-state index is -0.317. The minimum Gasteiger partial charge on any atom is -0.453 e. The average molecular weight is 320 g/mol. The van der Waals surface area contributed by atoms with Crippen LogP contribution in [0.1, 0.15) is 30.7 Å². The molecule has 3 rings (SSSR count). The van der Waals surface area contributed by atoms with E-state index in [1.807, 2.05) is 6.07 Å². The standard InChI is InChI=1S/C17H21FN2O3/c1-23-17(22)20-7-5-13(6-8-20)19-16(21)15-10-14(15)11-3-2-4-12(18)9-11/h2-4,9,13-15H,5-8,10H2,1H3,(H,19,21). The zero-order valence-electron chi connectivity index (χ0n) is 13.1. The predicted molar refractivity (Wildman–Crippen MR) is 82.4 cm³/mol. The third-order valence-corrected chi connectivity index (χ3v) is 4.68. The van der Waals surface area contributed by atoms with Crippen molar-refractivity contribution in [1.82, 2.24) is 10.2 Å². The Hall–Kier alpha value is -2.11. The van der Waals surface area contributed by atoms with E-state index in [2.05, 4.69) is 5.32 Å². The zero-order chi connectivity index (χ0) is 16.4. The van der Waals surface area contributed by atoms with Gasteiger partial charge in [0.05, 0.1) is 7.11 Å². The molecule has 124 valence electrons. The van der Waals surface area contributed by atoms with Gasteiger partial charge in [0.2, 0.25) is 5.91 Å². The van der Waals surface area contributed by atoms with Gasteiger partial charge in [-0.1, -0.05) is 12.1 Å². The summed E-state index contributed by atoms with van der Waals surface area (Å²) in [5.74, 6) is -0.157. The fourth-order valence-corrected chi connectivity index (χ4v) is 3.23. The molecule has 2 aliphatic rings. The maximum absolute atomic E-state index is 13.2. The lowest BCUT2D eigenvalue weighted by atomic mass is 10.0. The number of hydrogen-bond donors (Lipinski definition) is 1. The lowest BCUT2D eigenvalue weighted by Gasteiger charge is -2.31. The second kappa shape index (κ2) is 6.56. The van der Waals surface area contributed by atoms with Gasteiger partial charge in [-0.15, -0.1) is 0 Å². The molecule has 6 heteroatoms. The molecule has 0 aromatic heterocycles. The summed E-state index contributed by atoms with van der Waals surface area (Å²) in [5, 5.41) is 3.06. The molecule has 0 bridgehead atoms. The summed E-state index contributed by atoms with van der Waals surface area (Å²) >= 11 is 0. The first kappa shape index (κ1) is 15.8. The van der Waals surface area contributed by atoms with Crippen molar-refractivity contribution in [1.29, 1.82) is 0 Å². The second-order valence-corrected chi connectivity index (χ2v) is 6.24. The molecule has 2 atom stereocenters. The van der Waals surface area contributed by atoms with E-state index in [9.17, 15) is 14.0 Å². The fourth-order valence-electron chi connectivity index (χ4n) is 3.23. The molecule has 0 spiro atoms. The first-order chi connectivity index (χ1) is 11.1. The van der Waals surface area contributed by atoms with E-state index in [0.717, 1.165) is 24.8 Å². The molecule has 2 fully saturated rings. The SMILES string of the molecule is COC(=O)N1CCC(NC(=O)C2CC2c2cccc(F)c2)CC1. The number of rotatable bonds is 3. The molecule has 1 aromatic carbocycles. The van der Waals surface area contributed by atoms with Crippen molar-refractivity contribution in [3.05, 3.63) is 35.6 Å². The topological polar surface area (TPSA) is 58.6 Å². The molecule has 0 radical (unpaired) electrons. The van der Waals surface area contributed by atoms with E-state index >= 15 is 0 Å². The molecule has 23 heavy (non-hydrogen) atoms. The van der Waals surface area contributed by atoms with Crippen molar-refractivity contribution < 1.29 is 18.7 Å². The van der Waals surface area contributed by atoms with Gasteiger partial charge in [0, 0.05) is 25.0 Å². The van der Waals surface area contributed by atoms with E-state index in [-0.39, 0.29) is 35.7 Å². The molecular formula is C17H21FN2O3. The zero-order valence-corrected chi connectivity index (χ0v) is 13.1. The number of ether oxygens (including phenoxy) is 1. The van der Waals surface area contributed by atoms with Crippen LogP contribution >= 0.6 is 0 Å². The summed E-state index contributed by atoms with van der Waals surface area (Å²) in [6.07, 6.45) is 1.93. The molecule has 1 heterocycles. The third kappa shape index (κ3) is 3.63. The van der Waals surface area contributed by atoms with Gasteiger partial charge in [0.15, 0.2) is 0 Å². The van der Waals surface area contributed by atoms with Crippen molar-refractivity contribution in [2.75, 3.05) is 20.2 Å². The molecule has 2 amide bonds. The summed E-state index contributed by atoms with van der Waals surface area (Å²) in [5.41, 5.74) is 0.894. The largest absolute Gasteiger partial charge is 0.453 e. The van der Waals surface area contributed by atoms with Gasteiger partial charge in [0.1, 0.15) is 5.82 Å². The van der Waals surface area contributed by atoms with Crippen LogP contribution in [0.2, 0.25) is 0 Å². The Bertz CT molecular complexity index is 599. The van der Waals surface area contributed by atoms with Crippen molar-refractivity contribution in [2.24, 2.45) is 5.92 Å². The second-order valence-electron chi connectivity index (χ2n) is 6.24. The summed E-state index contributed by atoms with van der Waals surface area (Å²) in [7, 11) is 1.37. The fraction of sp³-hybridized carbons (Fsp3) is 0.529. The maximum Gasteiger partial charge on any atom is 0.409 e. The van der Waals surface area contributed by atoms with Crippen LogP contribution in [-0.4, -0.2) is 43.1 Å². The van der Waals surface area contributed by atoms with Gasteiger partial charge in [-0.25, -0.2) is 9.18 Å². The number of carbonyl (C=O) groups is 2. The Labute approximate surface area is 134 Å². The smallest absolute Gasteiger partial charge is 0.409 e. The number of nitrogens with zero attached hydrogens (tertiary/aromatic N) is 1. The van der Waals surface area contributed by atoms with Gasteiger partial charge >= 0.3 is 6.09 Å². The van der Waals surface area contributed by atoms with Crippen LogP contribution in [-0.2, 0) is 9.53 Å². The predicted octanol–water partition coefficient (Wildman–Crippen LogP) is 2.28. The van der Waals surface area contributed by atoms with Crippen LogP contribution in [0.4, 0.5) is 9.18 Å². The molecule has 2 unspecified atom stereocenters. The summed E-state index contributed by atoms with van der Waals surface area (Å²) < 4.78 is 17.9. The number of nitrogens with one attached hydrogen (secondary N) is 1. The van der Waals surface area contributed by atoms with Crippen LogP contribution in [0, 0.1) is 11.7 Å². The van der Waals surface area contributed by atoms with Gasteiger partial charge < -0.3 is 15.0 Å². The van der Waals surface area contributed by atoms with E-state index < -0.39 is 0 Å². The molecule has 5 nitrogen and oxygen atoms in total. The summed E-state index contributed by atoms with van der Waals surface area (Å²) in [6.45, 7) is 1.19. The first-order valence-corrected chi connectivity index (χ1v) is 7.97. The number of methoxy groups -OCH3 is 1. The number of benzene rings is 1. The van der Waals surface area contributed by atoms with Gasteiger partial charge in [0.25, 0.3) is 0 Å². The molecule has 1 N–H and O–H groups in total. The summed E-state index contributed by atoms with van der Waals surface area (Å²) in [6, 6.07) is 6.57. The highest BCUT2D eigenvalue weighted by Gasteiger charge is 2.44. The molecule has 1 aromatic rings. The number of carbonyl (C=O) groups excluding carboxylic acids is 2. The van der Waals surface area contributed by atoms with Crippen LogP contribution in [0.25, 0.3) is 0 Å². The monoisotopic (exact) mass is 320 g/mol. The number of hydrogen-bond acceptors (Lipinski definition) is 3. The van der Waals surface area contributed by atoms with Crippen LogP contribution in [0.3, 0.4) is 0 Å². The molecule has 1 saturated carbocycles. The van der Waals surface area contributed by atoms with Gasteiger partial charge in [-0.2, -0.15) is 0 Å². The molecule has 1 aliphatic carbocycles. The Balaban J connectivity index is 1.47. The highest BCUT2D eigenvalue weighted by atomic mass is 19.1. The van der Waals surface area contributed by atoms with Crippen molar-refractivity contribution in [3.8, 4) is 0 Å². The lowest BCUT2D eigenvalue weighted by Crippen LogP contribution is -2.47. The Morgan fingerprint density at radius 3 is 2.70 bits per heavy atom. The van der Waals surface area contributed by atoms with E-state index in [1.54, 1.807) is 11.0 Å². The maximum atomic E-state index is 13.2. The molecular weight excluding hydrogens is 299 g/mol. The van der Waals surface area contributed by atoms with E-state index in [0.29, 0.717) is 13.1 Å². The number of halogens is 1. The number of likely N-dealkylation sites (tertiary alicyclic amines) is 1. The molecule has 1 saturated heterocycles. The Kier molecular flexibility index (Phi) is 4.50. The highest BCUT2D eigenvalue weighted by Crippen LogP contribution is 2.47. The van der Waals surface area contributed by atoms with Gasteiger partial charge in [-0.05, 0) is 42.9 Å². The normalized spacial score (nSPS) is 24.2. The Morgan fingerprint density at radius 2 is 2.04 bits per heavy atom. The number of amides is 2. The number of piperidine rings is 1. The minimum absolute atomic E-state index is 0.0378. The lowest BCUT2D eigenvalue weighted by molar-refractivity contribution is -0.123. The Morgan fingerprint density at radius 1 is 1.30 bits per heavy atom. The first-order valence-electron chi connectivity index (χ1n) is 7.97.